The highest BCUT2D eigenvalue weighted by molar-refractivity contribution is 5.94. The molecule has 2 N–H and O–H groups in total. The lowest BCUT2D eigenvalue weighted by Crippen LogP contribution is -2.24. The van der Waals surface area contributed by atoms with Crippen molar-refractivity contribution in [1.29, 1.82) is 5.26 Å². The summed E-state index contributed by atoms with van der Waals surface area (Å²) in [4.78, 5) is 18.6. The average molecular weight is 377 g/mol. The number of aromatic nitrogens is 3. The molecule has 1 aromatic carbocycles. The van der Waals surface area contributed by atoms with Crippen molar-refractivity contribution in [2.24, 2.45) is 10.7 Å². The number of nitrogens with zero attached hydrogens (tertiary/aromatic N) is 5. The fourth-order valence-electron chi connectivity index (χ4n) is 2.43. The van der Waals surface area contributed by atoms with Gasteiger partial charge in [-0.2, -0.15) is 5.26 Å². The summed E-state index contributed by atoms with van der Waals surface area (Å²) in [5.41, 5.74) is 7.60. The molecule has 0 aliphatic heterocycles. The van der Waals surface area contributed by atoms with Crippen LogP contribution in [0, 0.1) is 11.3 Å². The summed E-state index contributed by atoms with van der Waals surface area (Å²) in [6, 6.07) is 7.58. The van der Waals surface area contributed by atoms with E-state index >= 15 is 0 Å². The highest BCUT2D eigenvalue weighted by Crippen LogP contribution is 2.29. The van der Waals surface area contributed by atoms with E-state index in [2.05, 4.69) is 52.6 Å². The molecule has 0 spiro atoms. The lowest BCUT2D eigenvalue weighted by molar-refractivity contribution is 0.497. The van der Waals surface area contributed by atoms with E-state index in [1.54, 1.807) is 18.2 Å². The Morgan fingerprint density at radius 3 is 2.04 bits per heavy atom. The van der Waals surface area contributed by atoms with E-state index in [9.17, 15) is 5.26 Å². The fraction of sp³-hybridized carbons (Fsp3) is 0.409. The second kappa shape index (κ2) is 7.89. The molecule has 0 radical (unpaired) electrons. The number of nitrogens with two attached hydrogens (primary N) is 1. The molecule has 0 fully saturated rings. The zero-order chi connectivity index (χ0) is 21.1. The van der Waals surface area contributed by atoms with E-state index < -0.39 is 0 Å². The Balaban J connectivity index is 2.73. The minimum atomic E-state index is -0.228. The largest absolute Gasteiger partial charge is 0.405 e. The smallest absolute Gasteiger partial charge is 0.163 e. The van der Waals surface area contributed by atoms with E-state index in [-0.39, 0.29) is 10.8 Å². The van der Waals surface area contributed by atoms with Crippen LogP contribution >= 0.6 is 0 Å². The molecule has 28 heavy (non-hydrogen) atoms. The average Bonchev–Trinajstić information content (AvgIpc) is 2.59. The molecule has 146 valence electrons. The van der Waals surface area contributed by atoms with Gasteiger partial charge in [-0.25, -0.2) is 15.0 Å². The minimum Gasteiger partial charge on any atom is -0.405 e. The number of benzene rings is 1. The number of hydrogen-bond acceptors (Lipinski definition) is 6. The third-order valence-corrected chi connectivity index (χ3v) is 3.93. The zero-order valence-corrected chi connectivity index (χ0v) is 17.7. The molecule has 2 rings (SSSR count). The monoisotopic (exact) mass is 376 g/mol. The Bertz CT molecular complexity index is 934. The number of aliphatic imine (C=N–C) groups is 1. The molecule has 6 nitrogen and oxygen atoms in total. The standard InChI is InChI=1S/C22H28N6/c1-14(8-9-23)25-17-11-15(13-24)10-16(12-17)18-26-19(21(2,3)4)28-20(27-18)22(5,6)7/h8-12H,23H2,1-7H3. The molecule has 1 aromatic heterocycles. The maximum atomic E-state index is 9.45. The Hall–Kier alpha value is -3.07. The topological polar surface area (TPSA) is 101 Å². The summed E-state index contributed by atoms with van der Waals surface area (Å²) in [5.74, 6) is 1.99. The van der Waals surface area contributed by atoms with Crippen LogP contribution < -0.4 is 5.73 Å². The van der Waals surface area contributed by atoms with Crippen molar-refractivity contribution in [3.63, 3.8) is 0 Å². The van der Waals surface area contributed by atoms with Gasteiger partial charge in [0.2, 0.25) is 0 Å². The van der Waals surface area contributed by atoms with E-state index in [0.29, 0.717) is 17.1 Å². The van der Waals surface area contributed by atoms with Gasteiger partial charge in [-0.3, -0.25) is 4.99 Å². The third-order valence-electron chi connectivity index (χ3n) is 3.93. The van der Waals surface area contributed by atoms with Crippen molar-refractivity contribution < 1.29 is 0 Å². The Kier molecular flexibility index (Phi) is 5.98. The van der Waals surface area contributed by atoms with Crippen LogP contribution in [0.1, 0.15) is 65.7 Å². The summed E-state index contributed by atoms with van der Waals surface area (Å²) in [6.45, 7) is 14.3. The molecule has 1 heterocycles. The maximum Gasteiger partial charge on any atom is 0.163 e. The van der Waals surface area contributed by atoms with Crippen molar-refractivity contribution in [3.05, 3.63) is 47.7 Å². The molecular weight excluding hydrogens is 348 g/mol. The summed E-state index contributed by atoms with van der Waals surface area (Å²) in [7, 11) is 0. The van der Waals surface area contributed by atoms with Crippen LogP contribution in [-0.2, 0) is 10.8 Å². The summed E-state index contributed by atoms with van der Waals surface area (Å²) in [6.07, 6.45) is 3.14. The molecule has 0 amide bonds. The molecule has 0 aliphatic carbocycles. The SMILES string of the molecule is CC(C=CN)=Nc1cc(C#N)cc(-c2nc(C(C)(C)C)nc(C(C)(C)C)n2)c1. The van der Waals surface area contributed by atoms with Gasteiger partial charge in [-0.05, 0) is 37.4 Å². The third kappa shape index (κ3) is 5.23. The van der Waals surface area contributed by atoms with E-state index in [1.807, 2.05) is 13.0 Å². The van der Waals surface area contributed by atoms with E-state index in [1.165, 1.54) is 6.20 Å². The summed E-state index contributed by atoms with van der Waals surface area (Å²) < 4.78 is 0. The van der Waals surface area contributed by atoms with Crippen molar-refractivity contribution in [3.8, 4) is 17.5 Å². The van der Waals surface area contributed by atoms with Gasteiger partial charge in [0.15, 0.2) is 5.82 Å². The van der Waals surface area contributed by atoms with E-state index in [0.717, 1.165) is 22.9 Å². The molecule has 0 unspecified atom stereocenters. The van der Waals surface area contributed by atoms with Crippen LogP contribution in [0.15, 0.2) is 35.5 Å². The lowest BCUT2D eigenvalue weighted by Gasteiger charge is -2.22. The minimum absolute atomic E-state index is 0.228. The van der Waals surface area contributed by atoms with Crippen molar-refractivity contribution in [1.82, 2.24) is 15.0 Å². The van der Waals surface area contributed by atoms with Crippen molar-refractivity contribution in [2.75, 3.05) is 0 Å². The molecule has 0 bridgehead atoms. The normalized spacial score (nSPS) is 13.0. The quantitative estimate of drug-likeness (QED) is 0.791. The first-order valence-electron chi connectivity index (χ1n) is 9.20. The zero-order valence-electron chi connectivity index (χ0n) is 17.7. The van der Waals surface area contributed by atoms with Gasteiger partial charge < -0.3 is 5.73 Å². The van der Waals surface area contributed by atoms with Crippen molar-refractivity contribution in [2.45, 2.75) is 59.3 Å². The van der Waals surface area contributed by atoms with E-state index in [4.69, 9.17) is 20.7 Å². The molecule has 0 saturated heterocycles. The number of nitriles is 1. The van der Waals surface area contributed by atoms with Crippen LogP contribution in [-0.4, -0.2) is 20.7 Å². The Labute approximate surface area is 167 Å². The Morgan fingerprint density at radius 1 is 1.00 bits per heavy atom. The molecule has 0 atom stereocenters. The highest BCUT2D eigenvalue weighted by Gasteiger charge is 2.25. The van der Waals surface area contributed by atoms with Gasteiger partial charge in [-0.1, -0.05) is 41.5 Å². The van der Waals surface area contributed by atoms with Crippen LogP contribution in [0.5, 0.6) is 0 Å². The molecular formula is C22H28N6. The van der Waals surface area contributed by atoms with Gasteiger partial charge in [0, 0.05) is 22.1 Å². The molecule has 6 heteroatoms. The van der Waals surface area contributed by atoms with Gasteiger partial charge in [0.05, 0.1) is 17.3 Å². The van der Waals surface area contributed by atoms with Gasteiger partial charge >= 0.3 is 0 Å². The fourth-order valence-corrected chi connectivity index (χ4v) is 2.43. The Morgan fingerprint density at radius 2 is 1.57 bits per heavy atom. The first-order valence-corrected chi connectivity index (χ1v) is 9.20. The first-order chi connectivity index (χ1) is 12.9. The summed E-state index contributed by atoms with van der Waals surface area (Å²) in [5, 5.41) is 9.45. The second-order valence-corrected chi connectivity index (χ2v) is 8.80. The van der Waals surface area contributed by atoms with Gasteiger partial charge in [-0.15, -0.1) is 0 Å². The second-order valence-electron chi connectivity index (χ2n) is 8.80. The van der Waals surface area contributed by atoms with Crippen LogP contribution in [0.25, 0.3) is 11.4 Å². The number of rotatable bonds is 3. The lowest BCUT2D eigenvalue weighted by atomic mass is 9.93. The number of hydrogen-bond donors (Lipinski definition) is 1. The van der Waals surface area contributed by atoms with Crippen LogP contribution in [0.3, 0.4) is 0 Å². The van der Waals surface area contributed by atoms with Crippen LogP contribution in [0.4, 0.5) is 5.69 Å². The van der Waals surface area contributed by atoms with Crippen molar-refractivity contribution >= 4 is 11.4 Å². The predicted octanol–water partition coefficient (Wildman–Crippen LogP) is 4.57. The van der Waals surface area contributed by atoms with Crippen LogP contribution in [0.2, 0.25) is 0 Å². The maximum absolute atomic E-state index is 9.45. The molecule has 2 aromatic rings. The highest BCUT2D eigenvalue weighted by atomic mass is 15.1. The number of allylic oxidation sites excluding steroid dienone is 1. The van der Waals surface area contributed by atoms with Gasteiger partial charge in [0.1, 0.15) is 11.6 Å². The van der Waals surface area contributed by atoms with Gasteiger partial charge in [0.25, 0.3) is 0 Å². The molecule has 0 aliphatic rings. The predicted molar refractivity (Wildman–Crippen MR) is 113 cm³/mol. The molecule has 0 saturated carbocycles. The summed E-state index contributed by atoms with van der Waals surface area (Å²) >= 11 is 0. The first kappa shape index (κ1) is 21.2.